The summed E-state index contributed by atoms with van der Waals surface area (Å²) >= 11 is 9.21. The zero-order valence-corrected chi connectivity index (χ0v) is 9.82. The largest absolute Gasteiger partial charge is 0.298 e. The number of rotatable bonds is 2. The van der Waals surface area contributed by atoms with E-state index in [9.17, 15) is 4.79 Å². The maximum atomic E-state index is 10.6. The van der Waals surface area contributed by atoms with E-state index < -0.39 is 0 Å². The van der Waals surface area contributed by atoms with Crippen molar-refractivity contribution in [2.45, 2.75) is 19.8 Å². The predicted molar refractivity (Wildman–Crippen MR) is 58.6 cm³/mol. The Morgan fingerprint density at radius 3 is 2.54 bits per heavy atom. The minimum absolute atomic E-state index is 0.396. The topological polar surface area (TPSA) is 17.1 Å². The Hall–Kier alpha value is -0.340. The van der Waals surface area contributed by atoms with E-state index in [2.05, 4.69) is 29.8 Å². The lowest BCUT2D eigenvalue weighted by molar-refractivity contribution is 0.112. The lowest BCUT2D eigenvalue weighted by Crippen LogP contribution is -1.92. The Morgan fingerprint density at radius 2 is 2.08 bits per heavy atom. The molecule has 3 heteroatoms. The Bertz CT molecular complexity index is 334. The van der Waals surface area contributed by atoms with Crippen LogP contribution in [0.3, 0.4) is 0 Å². The van der Waals surface area contributed by atoms with Crippen molar-refractivity contribution in [1.29, 1.82) is 0 Å². The van der Waals surface area contributed by atoms with Crippen LogP contribution in [0.5, 0.6) is 0 Å². The van der Waals surface area contributed by atoms with Crippen LogP contribution in [0.25, 0.3) is 0 Å². The highest BCUT2D eigenvalue weighted by Gasteiger charge is 2.08. The highest BCUT2D eigenvalue weighted by Crippen LogP contribution is 2.29. The third kappa shape index (κ3) is 2.32. The summed E-state index contributed by atoms with van der Waals surface area (Å²) in [6.45, 7) is 4.15. The predicted octanol–water partition coefficient (Wildman–Crippen LogP) is 4.04. The molecule has 0 unspecified atom stereocenters. The number of aldehydes is 1. The molecule has 1 aromatic carbocycles. The molecular formula is C10H10BrClO. The Morgan fingerprint density at radius 1 is 1.46 bits per heavy atom. The Kier molecular flexibility index (Phi) is 3.51. The lowest BCUT2D eigenvalue weighted by atomic mass is 10.0. The van der Waals surface area contributed by atoms with Crippen LogP contribution in [0, 0.1) is 0 Å². The van der Waals surface area contributed by atoms with E-state index in [1.807, 2.05) is 12.1 Å². The molecule has 13 heavy (non-hydrogen) atoms. The average Bonchev–Trinajstić information content (AvgIpc) is 2.09. The van der Waals surface area contributed by atoms with Gasteiger partial charge in [-0.3, -0.25) is 4.79 Å². The molecule has 0 aliphatic carbocycles. The number of benzene rings is 1. The van der Waals surface area contributed by atoms with Gasteiger partial charge in [0.2, 0.25) is 0 Å². The molecule has 70 valence electrons. The molecule has 0 fully saturated rings. The van der Waals surface area contributed by atoms with E-state index in [0.29, 0.717) is 16.5 Å². The van der Waals surface area contributed by atoms with E-state index in [-0.39, 0.29) is 0 Å². The fourth-order valence-electron chi connectivity index (χ4n) is 1.05. The summed E-state index contributed by atoms with van der Waals surface area (Å²) in [5, 5.41) is 0.486. The van der Waals surface area contributed by atoms with Crippen LogP contribution >= 0.6 is 27.5 Å². The van der Waals surface area contributed by atoms with Gasteiger partial charge >= 0.3 is 0 Å². The minimum Gasteiger partial charge on any atom is -0.298 e. The molecule has 0 aliphatic rings. The van der Waals surface area contributed by atoms with Crippen LogP contribution in [0.15, 0.2) is 16.6 Å². The molecule has 0 saturated heterocycles. The highest BCUT2D eigenvalue weighted by molar-refractivity contribution is 9.10. The van der Waals surface area contributed by atoms with Gasteiger partial charge in [0, 0.05) is 10.0 Å². The van der Waals surface area contributed by atoms with Gasteiger partial charge in [-0.05, 0) is 39.5 Å². The maximum absolute atomic E-state index is 10.6. The van der Waals surface area contributed by atoms with Gasteiger partial charge in [-0.1, -0.05) is 25.4 Å². The standard InChI is InChI=1S/C10H10BrClO/c1-6(2)7-3-8(5-13)10(12)9(11)4-7/h3-6H,1-2H3. The first kappa shape index (κ1) is 10.7. The van der Waals surface area contributed by atoms with Crippen molar-refractivity contribution in [1.82, 2.24) is 0 Å². The monoisotopic (exact) mass is 260 g/mol. The van der Waals surface area contributed by atoms with E-state index in [0.717, 1.165) is 16.3 Å². The van der Waals surface area contributed by atoms with E-state index in [1.165, 1.54) is 0 Å². The second kappa shape index (κ2) is 4.25. The summed E-state index contributed by atoms with van der Waals surface area (Å²) < 4.78 is 0.780. The molecule has 1 aromatic rings. The third-order valence-electron chi connectivity index (χ3n) is 1.87. The van der Waals surface area contributed by atoms with E-state index >= 15 is 0 Å². The van der Waals surface area contributed by atoms with Crippen molar-refractivity contribution in [3.05, 3.63) is 32.8 Å². The molecule has 0 amide bonds. The lowest BCUT2D eigenvalue weighted by Gasteiger charge is -2.08. The summed E-state index contributed by atoms with van der Waals surface area (Å²) in [6, 6.07) is 3.77. The molecule has 0 saturated carbocycles. The molecular weight excluding hydrogens is 251 g/mol. The highest BCUT2D eigenvalue weighted by atomic mass is 79.9. The normalized spacial score (nSPS) is 10.5. The quantitative estimate of drug-likeness (QED) is 0.734. The van der Waals surface area contributed by atoms with Gasteiger partial charge in [0.15, 0.2) is 6.29 Å². The van der Waals surface area contributed by atoms with Gasteiger partial charge in [-0.15, -0.1) is 0 Å². The van der Waals surface area contributed by atoms with Gasteiger partial charge in [0.1, 0.15) is 0 Å². The van der Waals surface area contributed by atoms with Crippen molar-refractivity contribution in [3.8, 4) is 0 Å². The molecule has 0 aromatic heterocycles. The first-order valence-corrected chi connectivity index (χ1v) is 5.17. The fraction of sp³-hybridized carbons (Fsp3) is 0.300. The maximum Gasteiger partial charge on any atom is 0.151 e. The van der Waals surface area contributed by atoms with Crippen molar-refractivity contribution >= 4 is 33.8 Å². The molecule has 0 heterocycles. The molecule has 0 aliphatic heterocycles. The van der Waals surface area contributed by atoms with Crippen LogP contribution in [0.2, 0.25) is 5.02 Å². The van der Waals surface area contributed by atoms with Crippen molar-refractivity contribution in [2.24, 2.45) is 0 Å². The minimum atomic E-state index is 0.396. The van der Waals surface area contributed by atoms with E-state index in [4.69, 9.17) is 11.6 Å². The molecule has 0 bridgehead atoms. The number of hydrogen-bond donors (Lipinski definition) is 0. The molecule has 0 spiro atoms. The molecule has 0 atom stereocenters. The second-order valence-corrected chi connectivity index (χ2v) is 4.41. The van der Waals surface area contributed by atoms with Crippen molar-refractivity contribution in [2.75, 3.05) is 0 Å². The van der Waals surface area contributed by atoms with Crippen LogP contribution in [-0.2, 0) is 0 Å². The third-order valence-corrected chi connectivity index (χ3v) is 3.15. The van der Waals surface area contributed by atoms with Crippen molar-refractivity contribution in [3.63, 3.8) is 0 Å². The summed E-state index contributed by atoms with van der Waals surface area (Å²) in [5.41, 5.74) is 1.65. The number of carbonyl (C=O) groups excluding carboxylic acids is 1. The smallest absolute Gasteiger partial charge is 0.151 e. The van der Waals surface area contributed by atoms with Crippen LogP contribution in [0.1, 0.15) is 35.7 Å². The molecule has 0 N–H and O–H groups in total. The van der Waals surface area contributed by atoms with Crippen molar-refractivity contribution < 1.29 is 4.79 Å². The molecule has 1 nitrogen and oxygen atoms in total. The first-order valence-electron chi connectivity index (χ1n) is 4.00. The fourth-order valence-corrected chi connectivity index (χ4v) is 1.70. The summed E-state index contributed by atoms with van der Waals surface area (Å²) in [5.74, 6) is 0.396. The molecule has 0 radical (unpaired) electrons. The van der Waals surface area contributed by atoms with Gasteiger partial charge < -0.3 is 0 Å². The van der Waals surface area contributed by atoms with Crippen LogP contribution in [0.4, 0.5) is 0 Å². The number of hydrogen-bond acceptors (Lipinski definition) is 1. The molecule has 1 rings (SSSR count). The number of carbonyl (C=O) groups is 1. The Labute approximate surface area is 91.2 Å². The average molecular weight is 262 g/mol. The second-order valence-electron chi connectivity index (χ2n) is 3.18. The first-order chi connectivity index (χ1) is 6.06. The van der Waals surface area contributed by atoms with Gasteiger partial charge in [-0.25, -0.2) is 0 Å². The summed E-state index contributed by atoms with van der Waals surface area (Å²) in [6.07, 6.45) is 0.777. The summed E-state index contributed by atoms with van der Waals surface area (Å²) in [7, 11) is 0. The van der Waals surface area contributed by atoms with Gasteiger partial charge in [-0.2, -0.15) is 0 Å². The van der Waals surface area contributed by atoms with Gasteiger partial charge in [0.25, 0.3) is 0 Å². The zero-order valence-electron chi connectivity index (χ0n) is 7.47. The van der Waals surface area contributed by atoms with Crippen LogP contribution < -0.4 is 0 Å². The van der Waals surface area contributed by atoms with E-state index in [1.54, 1.807) is 0 Å². The summed E-state index contributed by atoms with van der Waals surface area (Å²) in [4.78, 5) is 10.6. The number of halogens is 2. The van der Waals surface area contributed by atoms with Crippen LogP contribution in [-0.4, -0.2) is 6.29 Å². The zero-order chi connectivity index (χ0) is 10.0. The van der Waals surface area contributed by atoms with Gasteiger partial charge in [0.05, 0.1) is 5.02 Å². The Balaban J connectivity index is 3.30. The SMILES string of the molecule is CC(C)c1cc(Br)c(Cl)c(C=O)c1.